The number of aliphatic hydroxyl groups excluding tert-OH is 3. The van der Waals surface area contributed by atoms with Crippen molar-refractivity contribution in [1.29, 1.82) is 0 Å². The summed E-state index contributed by atoms with van der Waals surface area (Å²) in [5.74, 6) is -0.327. The van der Waals surface area contributed by atoms with E-state index in [0.717, 1.165) is 12.8 Å². The molecule has 216 valence electrons. The Bertz CT molecular complexity index is 707. The molecule has 37 heavy (non-hydrogen) atoms. The van der Waals surface area contributed by atoms with E-state index in [4.69, 9.17) is 28.4 Å². The monoisotopic (exact) mass is 530 g/mol. The minimum Gasteiger partial charge on any atom is -0.388 e. The molecule has 9 heteroatoms. The summed E-state index contributed by atoms with van der Waals surface area (Å²) in [6, 6.07) is 0. The highest BCUT2D eigenvalue weighted by atomic mass is 16.7. The average Bonchev–Trinajstić information content (AvgIpc) is 2.88. The largest absolute Gasteiger partial charge is 0.388 e. The smallest absolute Gasteiger partial charge is 0.186 e. The lowest BCUT2D eigenvalue weighted by molar-refractivity contribution is -0.360. The van der Waals surface area contributed by atoms with Crippen LogP contribution in [-0.4, -0.2) is 95.5 Å². The molecule has 0 aromatic rings. The van der Waals surface area contributed by atoms with Gasteiger partial charge in [-0.15, -0.1) is 6.58 Å². The zero-order valence-corrected chi connectivity index (χ0v) is 23.6. The summed E-state index contributed by atoms with van der Waals surface area (Å²) in [5.41, 5.74) is 0. The van der Waals surface area contributed by atoms with Gasteiger partial charge in [-0.3, -0.25) is 0 Å². The van der Waals surface area contributed by atoms with Gasteiger partial charge in [0.2, 0.25) is 0 Å². The van der Waals surface area contributed by atoms with Crippen molar-refractivity contribution in [2.45, 2.75) is 141 Å². The van der Waals surface area contributed by atoms with E-state index in [1.54, 1.807) is 6.08 Å². The van der Waals surface area contributed by atoms with Crippen LogP contribution in [0.15, 0.2) is 12.7 Å². The van der Waals surface area contributed by atoms with Crippen molar-refractivity contribution < 1.29 is 43.7 Å². The molecule has 15 atom stereocenters. The molecule has 0 aromatic carbocycles. The second kappa shape index (κ2) is 13.6. The van der Waals surface area contributed by atoms with Crippen LogP contribution < -0.4 is 0 Å². The van der Waals surface area contributed by atoms with E-state index in [1.165, 1.54) is 0 Å². The zero-order chi connectivity index (χ0) is 27.4. The van der Waals surface area contributed by atoms with Crippen molar-refractivity contribution in [2.24, 2.45) is 17.8 Å². The molecule has 0 bridgehead atoms. The highest BCUT2D eigenvalue weighted by Gasteiger charge is 2.51. The third-order valence-corrected chi connectivity index (χ3v) is 8.57. The lowest BCUT2D eigenvalue weighted by Gasteiger charge is -2.50. The normalized spacial score (nSPS) is 49.1. The van der Waals surface area contributed by atoms with Gasteiger partial charge in [-0.05, 0) is 26.2 Å². The molecule has 3 N–H and O–H groups in total. The van der Waals surface area contributed by atoms with E-state index in [9.17, 15) is 15.3 Å². The highest BCUT2D eigenvalue weighted by Crippen LogP contribution is 2.38. The number of aliphatic hydroxyl groups is 3. The molecular formula is C28H50O9. The second-order valence-electron chi connectivity index (χ2n) is 11.0. The van der Waals surface area contributed by atoms with E-state index in [-0.39, 0.29) is 36.1 Å². The number of rotatable bonds is 10. The first kappa shape index (κ1) is 30.9. The summed E-state index contributed by atoms with van der Waals surface area (Å²) in [5, 5.41) is 33.4. The van der Waals surface area contributed by atoms with Gasteiger partial charge >= 0.3 is 0 Å². The zero-order valence-electron chi connectivity index (χ0n) is 23.6. The lowest BCUT2D eigenvalue weighted by Crippen LogP contribution is -2.62. The number of ether oxygens (including phenoxy) is 6. The molecule has 0 spiro atoms. The number of hydrogen-bond acceptors (Lipinski definition) is 9. The summed E-state index contributed by atoms with van der Waals surface area (Å²) in [4.78, 5) is 0. The van der Waals surface area contributed by atoms with Gasteiger partial charge in [0, 0.05) is 17.8 Å². The van der Waals surface area contributed by atoms with Gasteiger partial charge in [0.25, 0.3) is 0 Å². The molecular weight excluding hydrogens is 480 g/mol. The standard InChI is InChI=1S/C28H50O9/c1-9-13-32-24-14(5)19(11-3)34-27(22(24)30)37-26-16(7)20(12-4)35-28(23(26)31)36-25-15(6)18(10-2)33-17(8)21(25)29/h9,14-31H,1,10-13H2,2-8H3/t14-,15-,16-,17-,18?,19?,20?,21?,22?,23?,24-,25-,26-,27-,28-/m0/s1. The Morgan fingerprint density at radius 3 is 1.51 bits per heavy atom. The molecule has 3 aliphatic heterocycles. The molecule has 0 radical (unpaired) electrons. The summed E-state index contributed by atoms with van der Waals surface area (Å²) in [6.07, 6.45) is -3.86. The predicted molar refractivity (Wildman–Crippen MR) is 138 cm³/mol. The molecule has 3 saturated heterocycles. The maximum absolute atomic E-state index is 11.4. The van der Waals surface area contributed by atoms with Crippen molar-refractivity contribution >= 4 is 0 Å². The minimum atomic E-state index is -1.15. The van der Waals surface area contributed by atoms with Gasteiger partial charge < -0.3 is 43.7 Å². The van der Waals surface area contributed by atoms with Crippen LogP contribution in [0.4, 0.5) is 0 Å². The third-order valence-electron chi connectivity index (χ3n) is 8.57. The van der Waals surface area contributed by atoms with Crippen LogP contribution in [0.5, 0.6) is 0 Å². The van der Waals surface area contributed by atoms with Crippen molar-refractivity contribution in [3.8, 4) is 0 Å². The van der Waals surface area contributed by atoms with Crippen LogP contribution in [0.1, 0.15) is 67.7 Å². The lowest BCUT2D eigenvalue weighted by atomic mass is 9.86. The van der Waals surface area contributed by atoms with Gasteiger partial charge in [0.1, 0.15) is 18.3 Å². The topological polar surface area (TPSA) is 116 Å². The van der Waals surface area contributed by atoms with Crippen LogP contribution in [-0.2, 0) is 28.4 Å². The van der Waals surface area contributed by atoms with Gasteiger partial charge in [-0.25, -0.2) is 0 Å². The van der Waals surface area contributed by atoms with Crippen LogP contribution in [0.2, 0.25) is 0 Å². The van der Waals surface area contributed by atoms with Gasteiger partial charge in [-0.2, -0.15) is 0 Å². The van der Waals surface area contributed by atoms with E-state index in [0.29, 0.717) is 13.0 Å². The van der Waals surface area contributed by atoms with E-state index >= 15 is 0 Å². The molecule has 0 aromatic heterocycles. The third kappa shape index (κ3) is 6.58. The molecule has 3 fully saturated rings. The van der Waals surface area contributed by atoms with E-state index < -0.39 is 55.3 Å². The summed E-state index contributed by atoms with van der Waals surface area (Å²) in [6.45, 7) is 17.9. The Morgan fingerprint density at radius 1 is 0.649 bits per heavy atom. The Balaban J connectivity index is 1.80. The first-order valence-electron chi connectivity index (χ1n) is 14.1. The molecule has 6 unspecified atom stereocenters. The summed E-state index contributed by atoms with van der Waals surface area (Å²) < 4.78 is 36.9. The first-order chi connectivity index (χ1) is 17.6. The molecule has 0 aliphatic carbocycles. The molecule has 3 heterocycles. The quantitative estimate of drug-likeness (QED) is 0.367. The minimum absolute atomic E-state index is 0.0405. The van der Waals surface area contributed by atoms with Crippen LogP contribution in [0.25, 0.3) is 0 Å². The van der Waals surface area contributed by atoms with Crippen LogP contribution in [0, 0.1) is 17.8 Å². The Hall–Kier alpha value is -0.620. The van der Waals surface area contributed by atoms with Crippen LogP contribution in [0.3, 0.4) is 0 Å². The maximum Gasteiger partial charge on any atom is 0.186 e. The highest BCUT2D eigenvalue weighted by molar-refractivity contribution is 4.95. The summed E-state index contributed by atoms with van der Waals surface area (Å²) >= 11 is 0. The van der Waals surface area contributed by atoms with Crippen molar-refractivity contribution in [2.75, 3.05) is 6.61 Å². The fourth-order valence-corrected chi connectivity index (χ4v) is 6.16. The van der Waals surface area contributed by atoms with E-state index in [1.807, 2.05) is 48.5 Å². The Labute approximate surface area is 222 Å². The fourth-order valence-electron chi connectivity index (χ4n) is 6.16. The van der Waals surface area contributed by atoms with Crippen LogP contribution >= 0.6 is 0 Å². The first-order valence-corrected chi connectivity index (χ1v) is 14.1. The predicted octanol–water partition coefficient (Wildman–Crippen LogP) is 2.79. The fraction of sp³-hybridized carbons (Fsp3) is 0.929. The van der Waals surface area contributed by atoms with Crippen molar-refractivity contribution in [3.63, 3.8) is 0 Å². The van der Waals surface area contributed by atoms with Crippen molar-refractivity contribution in [3.05, 3.63) is 12.7 Å². The van der Waals surface area contributed by atoms with Gasteiger partial charge in [0.15, 0.2) is 12.6 Å². The van der Waals surface area contributed by atoms with Gasteiger partial charge in [0.05, 0.1) is 49.3 Å². The van der Waals surface area contributed by atoms with Gasteiger partial charge in [-0.1, -0.05) is 47.6 Å². The maximum atomic E-state index is 11.4. The molecule has 9 nitrogen and oxygen atoms in total. The Morgan fingerprint density at radius 2 is 1.05 bits per heavy atom. The number of hydrogen-bond donors (Lipinski definition) is 3. The molecule has 0 amide bonds. The average molecular weight is 531 g/mol. The molecule has 3 rings (SSSR count). The molecule has 0 saturated carbocycles. The van der Waals surface area contributed by atoms with E-state index in [2.05, 4.69) is 6.58 Å². The summed E-state index contributed by atoms with van der Waals surface area (Å²) in [7, 11) is 0. The van der Waals surface area contributed by atoms with Crippen molar-refractivity contribution in [1.82, 2.24) is 0 Å². The molecule has 3 aliphatic rings. The SMILES string of the molecule is C=CCO[C@@H]1C(O)[C@H](O[C@@H]2C(O)[C@H](O[C@@H]3C(O)[C@H](C)OC(CC)[C@@H]3C)OC(CC)[C@@H]2C)OC(CC)[C@@H]1C. The second-order valence-corrected chi connectivity index (χ2v) is 11.0. The Kier molecular flexibility index (Phi) is 11.4.